The Bertz CT molecular complexity index is 543. The van der Waals surface area contributed by atoms with Gasteiger partial charge < -0.3 is 21.0 Å². The van der Waals surface area contributed by atoms with Gasteiger partial charge in [-0.05, 0) is 12.1 Å². The highest BCUT2D eigenvalue weighted by Crippen LogP contribution is 2.12. The molecule has 0 fully saturated rings. The Labute approximate surface area is 108 Å². The summed E-state index contributed by atoms with van der Waals surface area (Å²) in [7, 11) is 0. The average molecular weight is 264 g/mol. The molecule has 1 aliphatic rings. The second kappa shape index (κ2) is 5.34. The molecule has 0 spiro atoms. The summed E-state index contributed by atoms with van der Waals surface area (Å²) < 4.78 is 0. The van der Waals surface area contributed by atoms with Crippen LogP contribution in [0.5, 0.6) is 0 Å². The Balaban J connectivity index is 1.89. The first-order valence-electron chi connectivity index (χ1n) is 5.53. The smallest absolute Gasteiger partial charge is 0.354 e. The van der Waals surface area contributed by atoms with Crippen molar-refractivity contribution in [2.24, 2.45) is 10.9 Å². The molecule has 0 saturated heterocycles. The molecule has 0 aliphatic carbocycles. The number of aromatic carboxylic acids is 1. The second-order valence-corrected chi connectivity index (χ2v) is 3.93. The number of hydrogen-bond donors (Lipinski definition) is 3. The standard InChI is InChI=1S/C11H12N4O4/c12-10(16)8-4-6(19-15-8)5-13-9-3-1-2-7(14-9)11(17)18/h1-3,6H,4-5H2,(H2,12,16)(H,13,14)(H,17,18). The molecule has 8 heteroatoms. The molecule has 0 radical (unpaired) electrons. The molecule has 1 aliphatic heterocycles. The van der Waals surface area contributed by atoms with Crippen LogP contribution in [-0.2, 0) is 9.63 Å². The quantitative estimate of drug-likeness (QED) is 0.677. The van der Waals surface area contributed by atoms with E-state index in [1.807, 2.05) is 0 Å². The molecular formula is C11H12N4O4. The van der Waals surface area contributed by atoms with E-state index in [0.717, 1.165) is 0 Å². The highest BCUT2D eigenvalue weighted by Gasteiger charge is 2.24. The molecule has 4 N–H and O–H groups in total. The summed E-state index contributed by atoms with van der Waals surface area (Å²) in [5.74, 6) is -1.29. The molecular weight excluding hydrogens is 252 g/mol. The molecule has 0 saturated carbocycles. The fourth-order valence-electron chi connectivity index (χ4n) is 1.55. The van der Waals surface area contributed by atoms with Gasteiger partial charge in [0.25, 0.3) is 5.91 Å². The predicted octanol–water partition coefficient (Wildman–Crippen LogP) is -0.178. The molecule has 1 aromatic heterocycles. The van der Waals surface area contributed by atoms with Crippen LogP contribution in [0.2, 0.25) is 0 Å². The molecule has 1 unspecified atom stereocenters. The number of rotatable bonds is 5. The third-order valence-electron chi connectivity index (χ3n) is 2.50. The van der Waals surface area contributed by atoms with E-state index < -0.39 is 11.9 Å². The fraction of sp³-hybridized carbons (Fsp3) is 0.273. The van der Waals surface area contributed by atoms with Gasteiger partial charge in [0.1, 0.15) is 11.5 Å². The molecule has 1 aromatic rings. The maximum absolute atomic E-state index is 10.9. The highest BCUT2D eigenvalue weighted by atomic mass is 16.6. The van der Waals surface area contributed by atoms with Crippen LogP contribution in [0, 0.1) is 0 Å². The van der Waals surface area contributed by atoms with E-state index in [0.29, 0.717) is 18.8 Å². The molecule has 8 nitrogen and oxygen atoms in total. The lowest BCUT2D eigenvalue weighted by Crippen LogP contribution is -2.26. The van der Waals surface area contributed by atoms with Crippen molar-refractivity contribution in [2.45, 2.75) is 12.5 Å². The van der Waals surface area contributed by atoms with Gasteiger partial charge in [0.05, 0.1) is 6.54 Å². The number of pyridine rings is 1. The molecule has 1 atom stereocenters. The average Bonchev–Trinajstić information content (AvgIpc) is 2.85. The zero-order valence-corrected chi connectivity index (χ0v) is 9.87. The van der Waals surface area contributed by atoms with Crippen LogP contribution in [0.25, 0.3) is 0 Å². The SMILES string of the molecule is NC(=O)C1=NOC(CNc2cccc(C(=O)O)n2)C1. The molecule has 0 aromatic carbocycles. The Morgan fingerprint density at radius 1 is 1.53 bits per heavy atom. The zero-order valence-electron chi connectivity index (χ0n) is 9.87. The van der Waals surface area contributed by atoms with Crippen LogP contribution in [0.3, 0.4) is 0 Å². The van der Waals surface area contributed by atoms with Gasteiger partial charge >= 0.3 is 5.97 Å². The van der Waals surface area contributed by atoms with Crippen molar-refractivity contribution in [3.63, 3.8) is 0 Å². The number of primary amides is 1. The summed E-state index contributed by atoms with van der Waals surface area (Å²) >= 11 is 0. The van der Waals surface area contributed by atoms with E-state index in [1.54, 1.807) is 12.1 Å². The van der Waals surface area contributed by atoms with Crippen molar-refractivity contribution in [3.05, 3.63) is 23.9 Å². The van der Waals surface area contributed by atoms with E-state index in [2.05, 4.69) is 15.5 Å². The molecule has 2 rings (SSSR count). The number of nitrogens with zero attached hydrogens (tertiary/aromatic N) is 2. The van der Waals surface area contributed by atoms with Crippen LogP contribution < -0.4 is 11.1 Å². The van der Waals surface area contributed by atoms with Gasteiger partial charge in [-0.15, -0.1) is 0 Å². The van der Waals surface area contributed by atoms with Crippen molar-refractivity contribution in [1.29, 1.82) is 0 Å². The van der Waals surface area contributed by atoms with Gasteiger partial charge in [-0.3, -0.25) is 4.79 Å². The topological polar surface area (TPSA) is 127 Å². The van der Waals surface area contributed by atoms with Gasteiger partial charge in [0.2, 0.25) is 0 Å². The number of carbonyl (C=O) groups is 2. The van der Waals surface area contributed by atoms with Gasteiger partial charge in [0, 0.05) is 6.42 Å². The van der Waals surface area contributed by atoms with Crippen molar-refractivity contribution < 1.29 is 19.5 Å². The van der Waals surface area contributed by atoms with Gasteiger partial charge in [0.15, 0.2) is 11.8 Å². The lowest BCUT2D eigenvalue weighted by atomic mass is 10.2. The zero-order chi connectivity index (χ0) is 13.8. The summed E-state index contributed by atoms with van der Waals surface area (Å²) in [6, 6.07) is 4.62. The molecule has 1 amide bonds. The lowest BCUT2D eigenvalue weighted by molar-refractivity contribution is -0.112. The van der Waals surface area contributed by atoms with E-state index in [9.17, 15) is 9.59 Å². The maximum atomic E-state index is 10.9. The third kappa shape index (κ3) is 3.18. The van der Waals surface area contributed by atoms with Crippen molar-refractivity contribution in [1.82, 2.24) is 4.98 Å². The Morgan fingerprint density at radius 2 is 2.32 bits per heavy atom. The summed E-state index contributed by atoms with van der Waals surface area (Å²) in [6.07, 6.45) is -0.00110. The molecule has 0 bridgehead atoms. The predicted molar refractivity (Wildman–Crippen MR) is 65.8 cm³/mol. The summed E-state index contributed by atoms with van der Waals surface area (Å²) in [5.41, 5.74) is 5.22. The van der Waals surface area contributed by atoms with E-state index in [-0.39, 0.29) is 17.5 Å². The molecule has 100 valence electrons. The van der Waals surface area contributed by atoms with Crippen LogP contribution >= 0.6 is 0 Å². The van der Waals surface area contributed by atoms with E-state index in [4.69, 9.17) is 15.7 Å². The third-order valence-corrected chi connectivity index (χ3v) is 2.50. The second-order valence-electron chi connectivity index (χ2n) is 3.93. The number of amides is 1. The number of hydrogen-bond acceptors (Lipinski definition) is 6. The van der Waals surface area contributed by atoms with Crippen LogP contribution in [0.1, 0.15) is 16.9 Å². The van der Waals surface area contributed by atoms with Crippen LogP contribution in [-0.4, -0.2) is 40.3 Å². The normalized spacial score (nSPS) is 17.5. The number of carbonyl (C=O) groups excluding carboxylic acids is 1. The van der Waals surface area contributed by atoms with Crippen molar-refractivity contribution in [3.8, 4) is 0 Å². The lowest BCUT2D eigenvalue weighted by Gasteiger charge is -2.10. The van der Waals surface area contributed by atoms with Gasteiger partial charge in [-0.25, -0.2) is 9.78 Å². The minimum absolute atomic E-state index is 0.0496. The number of carboxylic acids is 1. The summed E-state index contributed by atoms with van der Waals surface area (Å²) in [5, 5.41) is 15.3. The molecule has 19 heavy (non-hydrogen) atoms. The van der Waals surface area contributed by atoms with Crippen LogP contribution in [0.4, 0.5) is 5.82 Å². The highest BCUT2D eigenvalue weighted by molar-refractivity contribution is 6.38. The monoisotopic (exact) mass is 264 g/mol. The fourth-order valence-corrected chi connectivity index (χ4v) is 1.55. The number of oxime groups is 1. The van der Waals surface area contributed by atoms with E-state index in [1.165, 1.54) is 6.07 Å². The number of nitrogens with one attached hydrogen (secondary N) is 1. The Kier molecular flexibility index (Phi) is 3.60. The minimum atomic E-state index is -1.10. The number of aromatic nitrogens is 1. The van der Waals surface area contributed by atoms with Crippen molar-refractivity contribution >= 4 is 23.4 Å². The first-order valence-corrected chi connectivity index (χ1v) is 5.53. The number of anilines is 1. The van der Waals surface area contributed by atoms with E-state index >= 15 is 0 Å². The molecule has 2 heterocycles. The minimum Gasteiger partial charge on any atom is -0.477 e. The summed E-state index contributed by atoms with van der Waals surface area (Å²) in [6.45, 7) is 0.344. The van der Waals surface area contributed by atoms with Gasteiger partial charge in [-0.2, -0.15) is 0 Å². The van der Waals surface area contributed by atoms with Crippen molar-refractivity contribution in [2.75, 3.05) is 11.9 Å². The number of carboxylic acid groups (broad SMARTS) is 1. The maximum Gasteiger partial charge on any atom is 0.354 e. The largest absolute Gasteiger partial charge is 0.477 e. The Morgan fingerprint density at radius 3 is 2.95 bits per heavy atom. The van der Waals surface area contributed by atoms with Crippen LogP contribution in [0.15, 0.2) is 23.4 Å². The first-order chi connectivity index (χ1) is 9.06. The summed E-state index contributed by atoms with van der Waals surface area (Å²) in [4.78, 5) is 30.5. The Hall–Kier alpha value is -2.64. The van der Waals surface area contributed by atoms with Gasteiger partial charge in [-0.1, -0.05) is 11.2 Å². The number of nitrogens with two attached hydrogens (primary N) is 1. The first kappa shape index (κ1) is 12.8.